The number of hydrogen-bond acceptors (Lipinski definition) is 4. The summed E-state index contributed by atoms with van der Waals surface area (Å²) in [6.45, 7) is 3.53. The number of rotatable bonds is 5. The molecule has 0 unspecified atom stereocenters. The summed E-state index contributed by atoms with van der Waals surface area (Å²) in [6.07, 6.45) is 10.1. The van der Waals surface area contributed by atoms with Gasteiger partial charge < -0.3 is 4.90 Å². The number of carbonyl (C=O) groups is 1. The summed E-state index contributed by atoms with van der Waals surface area (Å²) < 4.78 is 0. The number of thioether (sulfide) groups is 1. The second-order valence-corrected chi connectivity index (χ2v) is 10.9. The van der Waals surface area contributed by atoms with E-state index in [4.69, 9.17) is 23.2 Å². The van der Waals surface area contributed by atoms with Crippen LogP contribution in [-0.2, 0) is 5.41 Å². The number of fused-ring (bicyclic) bond motifs is 2. The number of pyridine rings is 1. The van der Waals surface area contributed by atoms with Crippen LogP contribution in [0, 0.1) is 0 Å². The molecular weight excluding hydrogens is 497 g/mol. The number of hydrogen-bond donors (Lipinski definition) is 0. The molecule has 1 saturated heterocycles. The first kappa shape index (κ1) is 24.4. The minimum Gasteiger partial charge on any atom is -0.307 e. The average molecular weight is 525 g/mol. The van der Waals surface area contributed by atoms with Gasteiger partial charge in [-0.1, -0.05) is 47.5 Å². The van der Waals surface area contributed by atoms with Crippen LogP contribution in [0.1, 0.15) is 34.3 Å². The first-order valence-electron chi connectivity index (χ1n) is 11.7. The van der Waals surface area contributed by atoms with Crippen molar-refractivity contribution in [1.29, 1.82) is 0 Å². The van der Waals surface area contributed by atoms with E-state index in [1.165, 1.54) is 16.0 Å². The number of piperidine rings is 1. The number of nitrogens with zero attached hydrogens (tertiary/aromatic N) is 3. The monoisotopic (exact) mass is 523 g/mol. The fraction of sp³-hybridized carbons (Fsp3) is 0.286. The van der Waals surface area contributed by atoms with Gasteiger partial charge in [0.25, 0.3) is 5.91 Å². The Labute approximate surface area is 220 Å². The number of benzene rings is 2. The van der Waals surface area contributed by atoms with E-state index in [1.54, 1.807) is 30.1 Å². The van der Waals surface area contributed by atoms with Crippen molar-refractivity contribution in [2.24, 2.45) is 0 Å². The van der Waals surface area contributed by atoms with Gasteiger partial charge in [0.1, 0.15) is 5.15 Å². The van der Waals surface area contributed by atoms with E-state index in [-0.39, 0.29) is 11.3 Å². The van der Waals surface area contributed by atoms with E-state index >= 15 is 0 Å². The Kier molecular flexibility index (Phi) is 7.21. The molecule has 0 atom stereocenters. The number of aromatic nitrogens is 1. The van der Waals surface area contributed by atoms with Gasteiger partial charge >= 0.3 is 0 Å². The molecule has 1 fully saturated rings. The number of amides is 1. The van der Waals surface area contributed by atoms with Crippen molar-refractivity contribution >= 4 is 52.6 Å². The van der Waals surface area contributed by atoms with Gasteiger partial charge in [0.05, 0.1) is 0 Å². The molecule has 35 heavy (non-hydrogen) atoms. The van der Waals surface area contributed by atoms with Crippen LogP contribution in [0.5, 0.6) is 0 Å². The third-order valence-electron chi connectivity index (χ3n) is 7.10. The molecule has 0 aliphatic carbocycles. The van der Waals surface area contributed by atoms with Crippen LogP contribution in [0.3, 0.4) is 0 Å². The molecule has 4 nitrogen and oxygen atoms in total. The summed E-state index contributed by atoms with van der Waals surface area (Å²) in [5.74, 6) is -0.0485. The third kappa shape index (κ3) is 5.14. The number of likely N-dealkylation sites (tertiary alicyclic amines) is 1. The smallest absolute Gasteiger partial charge is 0.258 e. The first-order valence-corrected chi connectivity index (χ1v) is 13.7. The molecule has 2 aromatic carbocycles. The Morgan fingerprint density at radius 2 is 1.86 bits per heavy atom. The molecule has 0 radical (unpaired) electrons. The van der Waals surface area contributed by atoms with Crippen molar-refractivity contribution in [3.8, 4) is 0 Å². The highest BCUT2D eigenvalue weighted by atomic mass is 35.5. The van der Waals surface area contributed by atoms with Gasteiger partial charge in [-0.3, -0.25) is 9.69 Å². The highest BCUT2D eigenvalue weighted by molar-refractivity contribution is 7.98. The standard InChI is InChI=1S/C28H27Cl2N3OS/c1-35-23-7-4-20(5-8-23)3-2-14-32-15-11-28(12-16-32)19-33(25-9-6-22(29)18-24(25)28)27(34)21-10-13-31-26(30)17-21/h2-10,13,17-18H,11-12,14-16,19H2,1H3/b3-2-. The highest BCUT2D eigenvalue weighted by Crippen LogP contribution is 2.48. The summed E-state index contributed by atoms with van der Waals surface area (Å²) in [5, 5.41) is 1.03. The van der Waals surface area contributed by atoms with Crippen molar-refractivity contribution in [3.63, 3.8) is 0 Å². The predicted molar refractivity (Wildman–Crippen MR) is 147 cm³/mol. The van der Waals surface area contributed by atoms with Gasteiger partial charge in [0.15, 0.2) is 0 Å². The second kappa shape index (κ2) is 10.4. The zero-order chi connectivity index (χ0) is 24.4. The Hall–Kier alpha value is -2.31. The molecule has 1 aromatic heterocycles. The zero-order valence-corrected chi connectivity index (χ0v) is 21.9. The van der Waals surface area contributed by atoms with E-state index in [1.807, 2.05) is 17.0 Å². The van der Waals surface area contributed by atoms with E-state index in [9.17, 15) is 4.79 Å². The van der Waals surface area contributed by atoms with Crippen LogP contribution in [0.4, 0.5) is 5.69 Å². The minimum absolute atomic E-state index is 0.0485. The minimum atomic E-state index is -0.0828. The Morgan fingerprint density at radius 1 is 1.09 bits per heavy atom. The largest absolute Gasteiger partial charge is 0.307 e. The molecule has 3 aromatic rings. The summed E-state index contributed by atoms with van der Waals surface area (Å²) in [5.41, 5.74) is 3.83. The topological polar surface area (TPSA) is 36.4 Å². The van der Waals surface area contributed by atoms with Crippen LogP contribution in [-0.4, -0.2) is 48.2 Å². The lowest BCUT2D eigenvalue weighted by atomic mass is 9.74. The van der Waals surface area contributed by atoms with Crippen molar-refractivity contribution in [2.75, 3.05) is 37.3 Å². The maximum absolute atomic E-state index is 13.4. The Bertz CT molecular complexity index is 1250. The van der Waals surface area contributed by atoms with Gasteiger partial charge in [0, 0.05) is 45.9 Å². The molecule has 7 heteroatoms. The summed E-state index contributed by atoms with van der Waals surface area (Å²) in [4.78, 5) is 23.1. The van der Waals surface area contributed by atoms with Gasteiger partial charge in [-0.05, 0) is 85.8 Å². The zero-order valence-electron chi connectivity index (χ0n) is 19.6. The molecule has 2 aliphatic rings. The van der Waals surface area contributed by atoms with Crippen molar-refractivity contribution in [3.05, 3.63) is 93.7 Å². The van der Waals surface area contributed by atoms with Crippen LogP contribution in [0.2, 0.25) is 10.2 Å². The Morgan fingerprint density at radius 3 is 2.57 bits per heavy atom. The molecule has 5 rings (SSSR count). The third-order valence-corrected chi connectivity index (χ3v) is 8.29. The lowest BCUT2D eigenvalue weighted by Gasteiger charge is -2.39. The number of anilines is 1. The molecule has 3 heterocycles. The SMILES string of the molecule is CSc1ccc(/C=C\CN2CCC3(CC2)CN(C(=O)c2ccnc(Cl)c2)c2ccc(Cl)cc23)cc1. The maximum Gasteiger partial charge on any atom is 0.258 e. The van der Waals surface area contributed by atoms with E-state index in [0.29, 0.717) is 22.3 Å². The second-order valence-electron chi connectivity index (χ2n) is 9.18. The van der Waals surface area contributed by atoms with Crippen LogP contribution in [0.15, 0.2) is 71.8 Å². The summed E-state index contributed by atoms with van der Waals surface area (Å²) in [7, 11) is 0. The Balaban J connectivity index is 1.29. The van der Waals surface area contributed by atoms with Crippen molar-refractivity contribution < 1.29 is 4.79 Å². The first-order chi connectivity index (χ1) is 17.0. The highest BCUT2D eigenvalue weighted by Gasteiger charge is 2.46. The molecule has 0 N–H and O–H groups in total. The molecule has 0 bridgehead atoms. The molecule has 1 spiro atoms. The van der Waals surface area contributed by atoms with Crippen LogP contribution in [0.25, 0.3) is 6.08 Å². The normalized spacial score (nSPS) is 17.3. The number of halogens is 2. The van der Waals surface area contributed by atoms with Crippen molar-refractivity contribution in [2.45, 2.75) is 23.2 Å². The maximum atomic E-state index is 13.4. The molecular formula is C28H27Cl2N3OS. The summed E-state index contributed by atoms with van der Waals surface area (Å²) >= 11 is 14.2. The fourth-order valence-electron chi connectivity index (χ4n) is 5.16. The van der Waals surface area contributed by atoms with Gasteiger partial charge in [-0.25, -0.2) is 4.98 Å². The molecule has 1 amide bonds. The molecule has 2 aliphatic heterocycles. The van der Waals surface area contributed by atoms with Crippen molar-refractivity contribution in [1.82, 2.24) is 9.88 Å². The van der Waals surface area contributed by atoms with Gasteiger partial charge in [0.2, 0.25) is 0 Å². The van der Waals surface area contributed by atoms with E-state index < -0.39 is 0 Å². The van der Waals surface area contributed by atoms with E-state index in [2.05, 4.69) is 58.6 Å². The van der Waals surface area contributed by atoms with Gasteiger partial charge in [-0.15, -0.1) is 11.8 Å². The van der Waals surface area contributed by atoms with Crippen LogP contribution >= 0.6 is 35.0 Å². The lowest BCUT2D eigenvalue weighted by molar-refractivity contribution is 0.0977. The fourth-order valence-corrected chi connectivity index (χ4v) is 5.91. The average Bonchev–Trinajstić information content (AvgIpc) is 3.18. The van der Waals surface area contributed by atoms with E-state index in [0.717, 1.165) is 38.2 Å². The quantitative estimate of drug-likeness (QED) is 0.271. The molecule has 180 valence electrons. The number of carbonyl (C=O) groups excluding carboxylic acids is 1. The van der Waals surface area contributed by atoms with Crippen LogP contribution < -0.4 is 4.90 Å². The van der Waals surface area contributed by atoms with Gasteiger partial charge in [-0.2, -0.15) is 0 Å². The predicted octanol–water partition coefficient (Wildman–Crippen LogP) is 6.82. The summed E-state index contributed by atoms with van der Waals surface area (Å²) in [6, 6.07) is 17.9. The lowest BCUT2D eigenvalue weighted by Crippen LogP contribution is -2.46. The molecule has 0 saturated carbocycles.